The van der Waals surface area contributed by atoms with Crippen LogP contribution in [0.4, 0.5) is 14.5 Å². The van der Waals surface area contributed by atoms with E-state index in [1.54, 1.807) is 41.3 Å². The first-order chi connectivity index (χ1) is 17.9. The summed E-state index contributed by atoms with van der Waals surface area (Å²) < 4.78 is 26.8. The number of nitrogens with zero attached hydrogens (tertiary/aromatic N) is 1. The number of carbonyl (C=O) groups excluding carboxylic acids is 2. The monoisotopic (exact) mass is 497 g/mol. The molecule has 2 unspecified atom stereocenters. The van der Waals surface area contributed by atoms with Crippen LogP contribution in [-0.4, -0.2) is 17.3 Å². The van der Waals surface area contributed by atoms with Crippen molar-refractivity contribution in [2.75, 3.05) is 4.90 Å². The molecular formula is C31H25F2NO3. The van der Waals surface area contributed by atoms with Crippen LogP contribution in [0.2, 0.25) is 0 Å². The minimum atomic E-state index is -0.814. The maximum Gasteiger partial charge on any atom is 0.233 e. The lowest BCUT2D eigenvalue weighted by atomic mass is 9.78. The fourth-order valence-corrected chi connectivity index (χ4v) is 4.92. The van der Waals surface area contributed by atoms with Crippen molar-refractivity contribution in [2.24, 2.45) is 5.92 Å². The second kappa shape index (κ2) is 10.4. The maximum absolute atomic E-state index is 13.5. The first-order valence-electron chi connectivity index (χ1n) is 12.1. The molecule has 0 radical (unpaired) electrons. The number of benzene rings is 4. The van der Waals surface area contributed by atoms with Gasteiger partial charge in [0.25, 0.3) is 0 Å². The Morgan fingerprint density at radius 2 is 1.32 bits per heavy atom. The van der Waals surface area contributed by atoms with Gasteiger partial charge in [0.2, 0.25) is 5.91 Å². The van der Waals surface area contributed by atoms with Crippen molar-refractivity contribution in [3.8, 4) is 11.1 Å². The van der Waals surface area contributed by atoms with Crippen molar-refractivity contribution in [1.82, 2.24) is 0 Å². The highest BCUT2D eigenvalue weighted by atomic mass is 19.1. The molecule has 0 bridgehead atoms. The van der Waals surface area contributed by atoms with E-state index in [1.165, 1.54) is 24.3 Å². The summed E-state index contributed by atoms with van der Waals surface area (Å²) in [5.74, 6) is -1.20. The van der Waals surface area contributed by atoms with E-state index in [1.807, 2.05) is 36.4 Å². The Labute approximate surface area is 213 Å². The van der Waals surface area contributed by atoms with Gasteiger partial charge in [-0.2, -0.15) is 0 Å². The summed E-state index contributed by atoms with van der Waals surface area (Å²) in [6, 6.07) is 26.5. The zero-order valence-electron chi connectivity index (χ0n) is 19.9. The van der Waals surface area contributed by atoms with Gasteiger partial charge < -0.3 is 10.0 Å². The first-order valence-corrected chi connectivity index (χ1v) is 12.1. The summed E-state index contributed by atoms with van der Waals surface area (Å²) in [4.78, 5) is 25.9. The van der Waals surface area contributed by atoms with Gasteiger partial charge in [-0.25, -0.2) is 8.78 Å². The van der Waals surface area contributed by atoms with E-state index in [4.69, 9.17) is 0 Å². The quantitative estimate of drug-likeness (QED) is 0.219. The van der Waals surface area contributed by atoms with E-state index >= 15 is 0 Å². The van der Waals surface area contributed by atoms with Crippen LogP contribution in [0.15, 0.2) is 97.1 Å². The van der Waals surface area contributed by atoms with Gasteiger partial charge in [0, 0.05) is 11.3 Å². The van der Waals surface area contributed by atoms with Gasteiger partial charge >= 0.3 is 0 Å². The van der Waals surface area contributed by atoms with Crippen LogP contribution in [-0.2, 0) is 4.79 Å². The molecule has 0 spiro atoms. The summed E-state index contributed by atoms with van der Waals surface area (Å²) >= 11 is 0. The van der Waals surface area contributed by atoms with Gasteiger partial charge in [-0.1, -0.05) is 60.7 Å². The molecule has 37 heavy (non-hydrogen) atoms. The number of hydrogen-bond donors (Lipinski definition) is 1. The lowest BCUT2D eigenvalue weighted by molar-refractivity contribution is -0.131. The van der Waals surface area contributed by atoms with Crippen molar-refractivity contribution in [1.29, 1.82) is 0 Å². The van der Waals surface area contributed by atoms with E-state index in [0.29, 0.717) is 29.7 Å². The third-order valence-electron chi connectivity index (χ3n) is 6.96. The average molecular weight is 498 g/mol. The molecular weight excluding hydrogens is 472 g/mol. The Morgan fingerprint density at radius 1 is 0.784 bits per heavy atom. The smallest absolute Gasteiger partial charge is 0.233 e. The molecule has 0 aromatic heterocycles. The molecule has 3 atom stereocenters. The minimum Gasteiger partial charge on any atom is -0.388 e. The number of β-lactam (4-membered cyclic amide) rings is 1. The van der Waals surface area contributed by atoms with Gasteiger partial charge in [0.05, 0.1) is 18.1 Å². The lowest BCUT2D eigenvalue weighted by Crippen LogP contribution is -2.55. The van der Waals surface area contributed by atoms with Crippen LogP contribution in [0, 0.1) is 17.6 Å². The topological polar surface area (TPSA) is 57.6 Å². The van der Waals surface area contributed by atoms with Gasteiger partial charge in [-0.15, -0.1) is 0 Å². The van der Waals surface area contributed by atoms with Crippen molar-refractivity contribution < 1.29 is 23.5 Å². The molecule has 186 valence electrons. The van der Waals surface area contributed by atoms with Crippen molar-refractivity contribution in [2.45, 2.75) is 25.0 Å². The third kappa shape index (κ3) is 5.06. The predicted molar refractivity (Wildman–Crippen MR) is 138 cm³/mol. The first kappa shape index (κ1) is 24.5. The number of carbonyl (C=O) groups is 2. The van der Waals surface area contributed by atoms with Crippen molar-refractivity contribution in [3.63, 3.8) is 0 Å². The van der Waals surface area contributed by atoms with E-state index in [0.717, 1.165) is 23.0 Å². The maximum atomic E-state index is 13.5. The van der Waals surface area contributed by atoms with E-state index in [-0.39, 0.29) is 29.5 Å². The van der Waals surface area contributed by atoms with Crippen LogP contribution in [0.1, 0.15) is 46.5 Å². The van der Waals surface area contributed by atoms with E-state index < -0.39 is 6.10 Å². The summed E-state index contributed by atoms with van der Waals surface area (Å²) in [5, 5.41) is 10.6. The van der Waals surface area contributed by atoms with Crippen LogP contribution in [0.25, 0.3) is 11.1 Å². The fourth-order valence-electron chi connectivity index (χ4n) is 4.92. The second-order valence-electron chi connectivity index (χ2n) is 9.24. The average Bonchev–Trinajstić information content (AvgIpc) is 2.93. The predicted octanol–water partition coefficient (Wildman–Crippen LogP) is 6.66. The zero-order chi connectivity index (χ0) is 25.9. The number of aldehydes is 1. The molecule has 4 aromatic rings. The molecule has 1 amide bonds. The van der Waals surface area contributed by atoms with Crippen LogP contribution >= 0.6 is 0 Å². The number of aliphatic hydroxyl groups excluding tert-OH is 1. The Bertz CT molecular complexity index is 1380. The number of hydrogen-bond acceptors (Lipinski definition) is 3. The fraction of sp³-hybridized carbons (Fsp3) is 0.161. The van der Waals surface area contributed by atoms with Crippen LogP contribution in [0.5, 0.6) is 0 Å². The molecule has 1 N–H and O–H groups in total. The number of anilines is 1. The molecule has 1 aliphatic heterocycles. The lowest BCUT2D eigenvalue weighted by Gasteiger charge is -2.48. The number of rotatable bonds is 8. The summed E-state index contributed by atoms with van der Waals surface area (Å²) in [5.41, 5.74) is 4.69. The molecule has 4 nitrogen and oxygen atoms in total. The second-order valence-corrected chi connectivity index (χ2v) is 9.24. The molecule has 0 saturated carbocycles. The van der Waals surface area contributed by atoms with Gasteiger partial charge in [0.15, 0.2) is 0 Å². The van der Waals surface area contributed by atoms with Crippen LogP contribution < -0.4 is 4.90 Å². The Hall–Kier alpha value is -4.16. The van der Waals surface area contributed by atoms with Gasteiger partial charge in [-0.05, 0) is 71.5 Å². The minimum absolute atomic E-state index is 0.0866. The number of amides is 1. The third-order valence-corrected chi connectivity index (χ3v) is 6.96. The Kier molecular flexibility index (Phi) is 6.93. The molecule has 5 rings (SSSR count). The Balaban J connectivity index is 1.39. The molecule has 4 aromatic carbocycles. The van der Waals surface area contributed by atoms with E-state index in [9.17, 15) is 23.5 Å². The SMILES string of the molecule is O=Cc1ccc(-c2ccc(C3C(CC[C@H](O)c4ccc(F)cc4)C(=O)N3c3ccc(F)cc3)cc2)cc1. The summed E-state index contributed by atoms with van der Waals surface area (Å²) in [7, 11) is 0. The highest BCUT2D eigenvalue weighted by molar-refractivity contribution is 6.03. The standard InChI is InChI=1S/C31H25F2NO3/c32-25-11-9-23(10-12-25)29(36)18-17-28-30(34(31(28)37)27-15-13-26(33)14-16-27)24-7-5-22(6-8-24)21-3-1-20(19-35)2-4-21/h1-16,19,28-30,36H,17-18H2/t28?,29-,30?/m0/s1. The highest BCUT2D eigenvalue weighted by Crippen LogP contribution is 2.46. The number of aliphatic hydroxyl groups is 1. The van der Waals surface area contributed by atoms with Gasteiger partial charge in [0.1, 0.15) is 17.9 Å². The van der Waals surface area contributed by atoms with Crippen molar-refractivity contribution >= 4 is 17.9 Å². The molecule has 1 aliphatic rings. The largest absolute Gasteiger partial charge is 0.388 e. The molecule has 1 fully saturated rings. The normalized spacial score (nSPS) is 17.8. The summed E-state index contributed by atoms with van der Waals surface area (Å²) in [6.07, 6.45) is 0.772. The zero-order valence-corrected chi connectivity index (χ0v) is 19.9. The highest BCUT2D eigenvalue weighted by Gasteiger charge is 2.48. The molecule has 1 saturated heterocycles. The molecule has 6 heteroatoms. The van der Waals surface area contributed by atoms with Crippen LogP contribution in [0.3, 0.4) is 0 Å². The summed E-state index contributed by atoms with van der Waals surface area (Å²) in [6.45, 7) is 0. The Morgan fingerprint density at radius 3 is 1.89 bits per heavy atom. The van der Waals surface area contributed by atoms with Crippen molar-refractivity contribution in [3.05, 3.63) is 125 Å². The molecule has 1 heterocycles. The molecule has 0 aliphatic carbocycles. The number of halogens is 2. The van der Waals surface area contributed by atoms with E-state index in [2.05, 4.69) is 0 Å². The van der Waals surface area contributed by atoms with Gasteiger partial charge in [-0.3, -0.25) is 9.59 Å².